The van der Waals surface area contributed by atoms with E-state index >= 15 is 0 Å². The molecule has 1 aliphatic rings. The lowest BCUT2D eigenvalue weighted by Crippen LogP contribution is -2.35. The number of nitrogens with zero attached hydrogens (tertiary/aromatic N) is 2. The molecule has 3 rings (SSSR count). The van der Waals surface area contributed by atoms with Gasteiger partial charge >= 0.3 is 0 Å². The molecule has 0 radical (unpaired) electrons. The molecule has 1 saturated carbocycles. The van der Waals surface area contributed by atoms with Crippen LogP contribution in [0.4, 0.5) is 11.4 Å². The largest absolute Gasteiger partial charge is 0.379 e. The lowest BCUT2D eigenvalue weighted by Gasteiger charge is -2.33. The van der Waals surface area contributed by atoms with Crippen molar-refractivity contribution in [1.29, 1.82) is 0 Å². The van der Waals surface area contributed by atoms with E-state index in [1.165, 1.54) is 10.7 Å². The molecule has 4 N–H and O–H groups in total. The molecule has 1 fully saturated rings. The summed E-state index contributed by atoms with van der Waals surface area (Å²) in [5, 5.41) is 7.67. The number of sulfonamides is 1. The minimum atomic E-state index is -3.42. The van der Waals surface area contributed by atoms with Crippen LogP contribution >= 0.6 is 0 Å². The first-order chi connectivity index (χ1) is 12.0. The van der Waals surface area contributed by atoms with E-state index in [1.54, 1.807) is 12.3 Å². The zero-order chi connectivity index (χ0) is 19.3. The summed E-state index contributed by atoms with van der Waals surface area (Å²) in [6.45, 7) is 6.64. The molecule has 26 heavy (non-hydrogen) atoms. The zero-order valence-corrected chi connectivity index (χ0v) is 16.2. The Hall–Kier alpha value is -2.29. The number of anilines is 2. The molecular weight excluding hydrogens is 354 g/mol. The standard InChI is InChI=1S/C17H25N5O3S/c1-10-5-6-14(17(10,2)3)20-15-12(16(18)23)8-19-22-9-11(7-13(15)22)21-26(4,24)25/h7-10,14,20-21H,5-6H2,1-4H3,(H2,18,23)/t10-,14+/m0/s1. The molecule has 9 heteroatoms. The summed E-state index contributed by atoms with van der Waals surface area (Å²) in [4.78, 5) is 11.9. The maximum Gasteiger partial charge on any atom is 0.252 e. The number of nitrogens with two attached hydrogens (primary N) is 1. The normalized spacial score (nSPS) is 22.5. The Kier molecular flexibility index (Phi) is 4.38. The van der Waals surface area contributed by atoms with Crippen LogP contribution in [0.3, 0.4) is 0 Å². The van der Waals surface area contributed by atoms with Crippen molar-refractivity contribution in [2.75, 3.05) is 16.3 Å². The van der Waals surface area contributed by atoms with Crippen LogP contribution in [0.2, 0.25) is 0 Å². The number of primary amides is 1. The molecule has 142 valence electrons. The summed E-state index contributed by atoms with van der Waals surface area (Å²) in [5.74, 6) is -0.0330. The third-order valence-electron chi connectivity index (χ3n) is 5.58. The van der Waals surface area contributed by atoms with Crippen molar-refractivity contribution in [3.05, 3.63) is 24.0 Å². The predicted molar refractivity (Wildman–Crippen MR) is 102 cm³/mol. The molecule has 0 aromatic carbocycles. The summed E-state index contributed by atoms with van der Waals surface area (Å²) >= 11 is 0. The number of carbonyl (C=O) groups excluding carboxylic acids is 1. The highest BCUT2D eigenvalue weighted by Crippen LogP contribution is 2.44. The van der Waals surface area contributed by atoms with E-state index in [2.05, 4.69) is 35.9 Å². The second-order valence-electron chi connectivity index (χ2n) is 7.73. The Morgan fingerprint density at radius 1 is 1.38 bits per heavy atom. The minimum Gasteiger partial charge on any atom is -0.379 e. The Bertz CT molecular complexity index is 964. The molecule has 2 aromatic rings. The topological polar surface area (TPSA) is 119 Å². The zero-order valence-electron chi connectivity index (χ0n) is 15.4. The number of nitrogens with one attached hydrogen (secondary N) is 2. The molecule has 0 spiro atoms. The molecule has 8 nitrogen and oxygen atoms in total. The number of hydrogen-bond acceptors (Lipinski definition) is 5. The van der Waals surface area contributed by atoms with Gasteiger partial charge in [-0.05, 0) is 30.2 Å². The summed E-state index contributed by atoms with van der Waals surface area (Å²) in [7, 11) is -3.42. The van der Waals surface area contributed by atoms with Gasteiger partial charge in [-0.25, -0.2) is 12.9 Å². The number of carbonyl (C=O) groups is 1. The molecule has 0 saturated heterocycles. The van der Waals surface area contributed by atoms with Crippen LogP contribution in [-0.2, 0) is 10.0 Å². The van der Waals surface area contributed by atoms with Crippen LogP contribution in [0.1, 0.15) is 44.0 Å². The fraction of sp³-hybridized carbons (Fsp3) is 0.529. The second kappa shape index (κ2) is 6.15. The average molecular weight is 379 g/mol. The molecular formula is C17H25N5O3S. The average Bonchev–Trinajstić information content (AvgIpc) is 3.00. The monoisotopic (exact) mass is 379 g/mol. The SMILES string of the molecule is C[C@H]1CC[C@@H](Nc2c(C(N)=O)cnn3cc(NS(C)(=O)=O)cc23)C1(C)C. The molecule has 0 aliphatic heterocycles. The summed E-state index contributed by atoms with van der Waals surface area (Å²) < 4.78 is 27.0. The molecule has 2 aromatic heterocycles. The fourth-order valence-electron chi connectivity index (χ4n) is 3.60. The van der Waals surface area contributed by atoms with Gasteiger partial charge in [-0.2, -0.15) is 5.10 Å². The van der Waals surface area contributed by atoms with Crippen LogP contribution in [0.5, 0.6) is 0 Å². The van der Waals surface area contributed by atoms with Crippen LogP contribution < -0.4 is 15.8 Å². The molecule has 1 amide bonds. The quantitative estimate of drug-likeness (QED) is 0.734. The van der Waals surface area contributed by atoms with E-state index < -0.39 is 15.9 Å². The fourth-order valence-corrected chi connectivity index (χ4v) is 4.14. The van der Waals surface area contributed by atoms with Crippen LogP contribution in [-0.4, -0.2) is 36.2 Å². The number of fused-ring (bicyclic) bond motifs is 1. The van der Waals surface area contributed by atoms with Crippen molar-refractivity contribution in [3.63, 3.8) is 0 Å². The van der Waals surface area contributed by atoms with Crippen molar-refractivity contribution in [3.8, 4) is 0 Å². The van der Waals surface area contributed by atoms with Gasteiger partial charge < -0.3 is 11.1 Å². The van der Waals surface area contributed by atoms with Crippen molar-refractivity contribution >= 4 is 32.8 Å². The van der Waals surface area contributed by atoms with Gasteiger partial charge in [0.05, 0.1) is 41.1 Å². The first kappa shape index (κ1) is 18.5. The number of rotatable bonds is 5. The van der Waals surface area contributed by atoms with Gasteiger partial charge in [-0.15, -0.1) is 0 Å². The second-order valence-corrected chi connectivity index (χ2v) is 9.48. The van der Waals surface area contributed by atoms with Gasteiger partial charge in [0.1, 0.15) is 0 Å². The maximum atomic E-state index is 11.9. The van der Waals surface area contributed by atoms with E-state index in [0.717, 1.165) is 19.1 Å². The molecule has 2 atom stereocenters. The molecule has 2 heterocycles. The Balaban J connectivity index is 2.08. The number of aromatic nitrogens is 2. The van der Waals surface area contributed by atoms with E-state index in [-0.39, 0.29) is 17.0 Å². The Morgan fingerprint density at radius 3 is 2.62 bits per heavy atom. The van der Waals surface area contributed by atoms with E-state index in [1.807, 2.05) is 0 Å². The van der Waals surface area contributed by atoms with Crippen LogP contribution in [0.25, 0.3) is 5.52 Å². The Labute approximate surface area is 153 Å². The lowest BCUT2D eigenvalue weighted by molar-refractivity contribution is 0.100. The van der Waals surface area contributed by atoms with E-state index in [0.29, 0.717) is 22.8 Å². The predicted octanol–water partition coefficient (Wildman–Crippen LogP) is 2.04. The highest BCUT2D eigenvalue weighted by atomic mass is 32.2. The van der Waals surface area contributed by atoms with Gasteiger partial charge in [0, 0.05) is 6.04 Å². The van der Waals surface area contributed by atoms with Crippen LogP contribution in [0.15, 0.2) is 18.5 Å². The van der Waals surface area contributed by atoms with Gasteiger partial charge in [0.2, 0.25) is 10.0 Å². The lowest BCUT2D eigenvalue weighted by atomic mass is 9.80. The summed E-state index contributed by atoms with van der Waals surface area (Å²) in [6.07, 6.45) is 6.14. The number of amides is 1. The van der Waals surface area contributed by atoms with Crippen molar-refractivity contribution in [2.24, 2.45) is 17.1 Å². The highest BCUT2D eigenvalue weighted by Gasteiger charge is 2.41. The smallest absolute Gasteiger partial charge is 0.252 e. The first-order valence-corrected chi connectivity index (χ1v) is 10.4. The van der Waals surface area contributed by atoms with E-state index in [4.69, 9.17) is 5.73 Å². The summed E-state index contributed by atoms with van der Waals surface area (Å²) in [5.41, 5.74) is 7.45. The van der Waals surface area contributed by atoms with Crippen molar-refractivity contribution < 1.29 is 13.2 Å². The minimum absolute atomic E-state index is 0.0512. The van der Waals surface area contributed by atoms with Crippen LogP contribution in [0, 0.1) is 11.3 Å². The summed E-state index contributed by atoms with van der Waals surface area (Å²) in [6, 6.07) is 1.82. The maximum absolute atomic E-state index is 11.9. The first-order valence-electron chi connectivity index (χ1n) is 8.54. The van der Waals surface area contributed by atoms with Gasteiger partial charge in [-0.3, -0.25) is 9.52 Å². The third kappa shape index (κ3) is 3.35. The van der Waals surface area contributed by atoms with Gasteiger partial charge in [0.25, 0.3) is 5.91 Å². The van der Waals surface area contributed by atoms with Crippen molar-refractivity contribution in [2.45, 2.75) is 39.7 Å². The molecule has 0 unspecified atom stereocenters. The molecule has 0 bridgehead atoms. The van der Waals surface area contributed by atoms with Gasteiger partial charge in [0.15, 0.2) is 0 Å². The number of hydrogen-bond donors (Lipinski definition) is 3. The van der Waals surface area contributed by atoms with Gasteiger partial charge in [-0.1, -0.05) is 20.8 Å². The van der Waals surface area contributed by atoms with Crippen molar-refractivity contribution in [1.82, 2.24) is 9.61 Å². The Morgan fingerprint density at radius 2 is 2.08 bits per heavy atom. The van der Waals surface area contributed by atoms with E-state index in [9.17, 15) is 13.2 Å². The third-order valence-corrected chi connectivity index (χ3v) is 6.19. The highest BCUT2D eigenvalue weighted by molar-refractivity contribution is 7.92. The molecule has 1 aliphatic carbocycles.